The Morgan fingerprint density at radius 3 is 1.47 bits per heavy atom. The molecule has 0 aromatic heterocycles. The molecular weight excluding hydrogens is 612 g/mol. The van der Waals surface area contributed by atoms with Gasteiger partial charge in [0, 0.05) is 22.4 Å². The fourth-order valence-electron chi connectivity index (χ4n) is 2.95. The van der Waals surface area contributed by atoms with Gasteiger partial charge in [0.25, 0.3) is 0 Å². The molecule has 0 aliphatic carbocycles. The zero-order chi connectivity index (χ0) is 22.3. The second kappa shape index (κ2) is 16.3. The second-order valence-electron chi connectivity index (χ2n) is 6.26. The van der Waals surface area contributed by atoms with Crippen LogP contribution < -0.4 is 15.9 Å². The first-order valence-electron chi connectivity index (χ1n) is 9.66. The third-order valence-corrected chi connectivity index (χ3v) is 7.65. The van der Waals surface area contributed by atoms with Crippen LogP contribution in [0.15, 0.2) is 115 Å². The summed E-state index contributed by atoms with van der Waals surface area (Å²) in [6, 6.07) is 42.4. The van der Waals surface area contributed by atoms with Gasteiger partial charge in [-0.3, -0.25) is 4.79 Å². The van der Waals surface area contributed by atoms with Gasteiger partial charge in [-0.1, -0.05) is 60.2 Å². The molecule has 1 nitrogen and oxygen atoms in total. The van der Waals surface area contributed by atoms with Crippen LogP contribution in [0.1, 0.15) is 10.4 Å². The maximum Gasteiger partial charge on any atom is 0.164 e. The van der Waals surface area contributed by atoms with E-state index in [9.17, 15) is 4.79 Å². The molecular formula is C28H24AuOPS-. The van der Waals surface area contributed by atoms with Crippen LogP contribution >= 0.6 is 19.7 Å². The van der Waals surface area contributed by atoms with Crippen molar-refractivity contribution in [2.45, 2.75) is 0 Å². The number of carbonyl (C=O) groups excluding carboxylic acids is 1. The van der Waals surface area contributed by atoms with Crippen molar-refractivity contribution < 1.29 is 27.2 Å². The largest absolute Gasteiger partial charge is 0.697 e. The number of thioether (sulfide) groups is 1. The SMILES string of the molecule is CSC(=O)c1c[c-]ccc1.[Au].[C-]#C.c1ccc([PH+](c2ccccc2)c2ccccc2)cc1. The van der Waals surface area contributed by atoms with Gasteiger partial charge in [-0.15, -0.1) is 11.8 Å². The average Bonchev–Trinajstić information content (AvgIpc) is 2.88. The molecule has 0 amide bonds. The van der Waals surface area contributed by atoms with E-state index >= 15 is 0 Å². The van der Waals surface area contributed by atoms with E-state index in [0.717, 1.165) is 5.56 Å². The predicted octanol–water partition coefficient (Wildman–Crippen LogP) is 5.37. The summed E-state index contributed by atoms with van der Waals surface area (Å²) in [5.74, 6) is 0. The molecule has 0 saturated heterocycles. The van der Waals surface area contributed by atoms with Crippen LogP contribution in [0.3, 0.4) is 0 Å². The van der Waals surface area contributed by atoms with E-state index in [-0.39, 0.29) is 27.5 Å². The first-order valence-corrected chi connectivity index (χ1v) is 12.4. The van der Waals surface area contributed by atoms with E-state index in [0.29, 0.717) is 0 Å². The molecule has 32 heavy (non-hydrogen) atoms. The van der Waals surface area contributed by atoms with Gasteiger partial charge in [0.2, 0.25) is 0 Å². The molecule has 1 radical (unpaired) electrons. The summed E-state index contributed by atoms with van der Waals surface area (Å²) in [7, 11) is -0.877. The first kappa shape index (κ1) is 27.7. The summed E-state index contributed by atoms with van der Waals surface area (Å²) < 4.78 is 0. The minimum atomic E-state index is -0.877. The average molecular weight is 637 g/mol. The zero-order valence-corrected chi connectivity index (χ0v) is 21.6. The Labute approximate surface area is 212 Å². The molecule has 4 rings (SSSR count). The summed E-state index contributed by atoms with van der Waals surface area (Å²) in [5.41, 5.74) is 0.718. The van der Waals surface area contributed by atoms with Crippen molar-refractivity contribution in [1.29, 1.82) is 0 Å². The van der Waals surface area contributed by atoms with Gasteiger partial charge in [-0.25, -0.2) is 0 Å². The molecule has 0 atom stereocenters. The number of carbonyl (C=O) groups is 1. The summed E-state index contributed by atoms with van der Waals surface area (Å²) in [6.07, 6.45) is 10.8. The summed E-state index contributed by atoms with van der Waals surface area (Å²) in [5, 5.41) is 4.40. The number of terminal acetylenes is 1. The van der Waals surface area contributed by atoms with E-state index in [1.54, 1.807) is 24.5 Å². The van der Waals surface area contributed by atoms with Crippen molar-refractivity contribution in [3.8, 4) is 6.42 Å². The molecule has 4 heteroatoms. The molecule has 0 saturated carbocycles. The fraction of sp³-hybridized carbons (Fsp3) is 0.0357. The Bertz CT molecular complexity index is 945. The number of rotatable bonds is 4. The Kier molecular flexibility index (Phi) is 14.1. The van der Waals surface area contributed by atoms with Gasteiger partial charge in [0.1, 0.15) is 15.9 Å². The van der Waals surface area contributed by atoms with E-state index in [1.807, 2.05) is 6.07 Å². The number of benzene rings is 4. The maximum atomic E-state index is 11.0. The van der Waals surface area contributed by atoms with Gasteiger partial charge in [0.05, 0.1) is 7.92 Å². The van der Waals surface area contributed by atoms with Crippen LogP contribution in [0.2, 0.25) is 0 Å². The predicted molar refractivity (Wildman–Crippen MR) is 138 cm³/mol. The monoisotopic (exact) mass is 636 g/mol. The van der Waals surface area contributed by atoms with Crippen LogP contribution in [0.4, 0.5) is 0 Å². The molecule has 0 N–H and O–H groups in total. The smallest absolute Gasteiger partial charge is 0.164 e. The first-order chi connectivity index (χ1) is 15.3. The summed E-state index contributed by atoms with van der Waals surface area (Å²) >= 11 is 1.22. The van der Waals surface area contributed by atoms with Crippen molar-refractivity contribution in [2.24, 2.45) is 0 Å². The maximum absolute atomic E-state index is 11.0. The summed E-state index contributed by atoms with van der Waals surface area (Å²) in [4.78, 5) is 11.0. The Morgan fingerprint density at radius 2 is 1.16 bits per heavy atom. The van der Waals surface area contributed by atoms with Crippen molar-refractivity contribution in [3.63, 3.8) is 0 Å². The van der Waals surface area contributed by atoms with Crippen LogP contribution in [0.25, 0.3) is 0 Å². The Hall–Kier alpha value is -2.37. The molecule has 0 unspecified atom stereocenters. The minimum Gasteiger partial charge on any atom is -0.697 e. The Balaban J connectivity index is 0.000000337. The molecule has 165 valence electrons. The third-order valence-electron chi connectivity index (χ3n) is 4.32. The van der Waals surface area contributed by atoms with Crippen molar-refractivity contribution in [3.05, 3.63) is 133 Å². The number of hydrogen-bond donors (Lipinski definition) is 0. The van der Waals surface area contributed by atoms with Gasteiger partial charge < -0.3 is 12.8 Å². The van der Waals surface area contributed by atoms with Gasteiger partial charge in [0.15, 0.2) is 5.12 Å². The van der Waals surface area contributed by atoms with E-state index in [4.69, 9.17) is 6.42 Å². The zero-order valence-electron chi connectivity index (χ0n) is 17.7. The van der Waals surface area contributed by atoms with Crippen molar-refractivity contribution in [2.75, 3.05) is 6.26 Å². The van der Waals surface area contributed by atoms with E-state index in [2.05, 4.69) is 103 Å². The minimum absolute atomic E-state index is 0. The quantitative estimate of drug-likeness (QED) is 0.130. The van der Waals surface area contributed by atoms with Gasteiger partial charge in [-0.2, -0.15) is 30.3 Å². The van der Waals surface area contributed by atoms with Crippen LogP contribution in [0, 0.1) is 18.9 Å². The number of hydrogen-bond acceptors (Lipinski definition) is 2. The Morgan fingerprint density at radius 1 is 0.750 bits per heavy atom. The normalized spacial score (nSPS) is 9.25. The van der Waals surface area contributed by atoms with Crippen molar-refractivity contribution in [1.82, 2.24) is 0 Å². The van der Waals surface area contributed by atoms with E-state index < -0.39 is 7.92 Å². The molecule has 0 aliphatic heterocycles. The fourth-order valence-corrected chi connectivity index (χ4v) is 5.89. The van der Waals surface area contributed by atoms with Crippen molar-refractivity contribution >= 4 is 40.7 Å². The van der Waals surface area contributed by atoms with Crippen LogP contribution in [0.5, 0.6) is 0 Å². The molecule has 0 aliphatic rings. The summed E-state index contributed by atoms with van der Waals surface area (Å²) in [6.45, 7) is 0. The standard InChI is InChI=1S/C18H15P.C8H7OS.C2H.Au/c1-4-10-16(11-5-1)19(17-12-6-2-7-13-17)18-14-8-3-9-15-18;1-10-8(9)7-5-3-2-4-6-7;1-2;/h1-15H;2-3,5-6H,1H3;1H;/q;2*-1;/p+1. The van der Waals surface area contributed by atoms with Gasteiger partial charge in [-0.05, 0) is 42.7 Å². The second-order valence-corrected chi connectivity index (χ2v) is 9.52. The molecule has 0 bridgehead atoms. The molecule has 0 fully saturated rings. The van der Waals surface area contributed by atoms with Crippen LogP contribution in [-0.2, 0) is 22.4 Å². The van der Waals surface area contributed by atoms with Gasteiger partial charge >= 0.3 is 0 Å². The third kappa shape index (κ3) is 8.64. The molecule has 4 aromatic carbocycles. The topological polar surface area (TPSA) is 17.1 Å². The molecule has 0 spiro atoms. The van der Waals surface area contributed by atoms with Crippen LogP contribution in [-0.4, -0.2) is 11.4 Å². The molecule has 4 aromatic rings. The van der Waals surface area contributed by atoms with E-state index in [1.165, 1.54) is 27.7 Å². The molecule has 0 heterocycles.